The topological polar surface area (TPSA) is 92.5 Å². The molecule has 1 aromatic heterocycles. The molecule has 7 nitrogen and oxygen atoms in total. The van der Waals surface area contributed by atoms with E-state index in [0.29, 0.717) is 28.8 Å². The summed E-state index contributed by atoms with van der Waals surface area (Å²) in [5.41, 5.74) is 1.94. The quantitative estimate of drug-likeness (QED) is 0.526. The highest BCUT2D eigenvalue weighted by atomic mass is 35.5. The Balaban J connectivity index is 1.66. The van der Waals surface area contributed by atoms with Gasteiger partial charge in [-0.2, -0.15) is 0 Å². The van der Waals surface area contributed by atoms with E-state index in [1.807, 2.05) is 31.2 Å². The lowest BCUT2D eigenvalue weighted by Crippen LogP contribution is -2.28. The zero-order valence-corrected chi connectivity index (χ0v) is 16.9. The smallest absolute Gasteiger partial charge is 0.269 e. The number of H-pyrrole nitrogens is 1. The van der Waals surface area contributed by atoms with E-state index in [2.05, 4.69) is 15.6 Å². The van der Waals surface area contributed by atoms with Gasteiger partial charge < -0.3 is 25.1 Å². The van der Waals surface area contributed by atoms with Crippen molar-refractivity contribution in [1.82, 2.24) is 15.6 Å². The summed E-state index contributed by atoms with van der Waals surface area (Å²) >= 11 is 6.32. The van der Waals surface area contributed by atoms with Crippen LogP contribution in [0.2, 0.25) is 5.02 Å². The number of benzene rings is 2. The molecule has 3 aromatic rings. The Labute approximate surface area is 173 Å². The Morgan fingerprint density at radius 1 is 1.10 bits per heavy atom. The van der Waals surface area contributed by atoms with Gasteiger partial charge in [-0.15, -0.1) is 0 Å². The second-order valence-electron chi connectivity index (χ2n) is 6.27. The highest BCUT2D eigenvalue weighted by Gasteiger charge is 2.16. The van der Waals surface area contributed by atoms with Crippen molar-refractivity contribution < 1.29 is 19.1 Å². The molecule has 0 saturated heterocycles. The molecule has 0 unspecified atom stereocenters. The van der Waals surface area contributed by atoms with Gasteiger partial charge in [-0.05, 0) is 30.7 Å². The van der Waals surface area contributed by atoms with E-state index in [4.69, 9.17) is 21.1 Å². The Kier molecular flexibility index (Phi) is 6.61. The fourth-order valence-electron chi connectivity index (χ4n) is 2.87. The van der Waals surface area contributed by atoms with Crippen LogP contribution in [0, 0.1) is 0 Å². The lowest BCUT2D eigenvalue weighted by molar-refractivity contribution is -0.123. The molecule has 152 valence electrons. The number of nitrogens with one attached hydrogen (secondary N) is 3. The summed E-state index contributed by atoms with van der Waals surface area (Å²) in [6.07, 6.45) is 0. The largest absolute Gasteiger partial charge is 0.493 e. The number of amides is 2. The highest BCUT2D eigenvalue weighted by molar-refractivity contribution is 6.38. The lowest BCUT2D eigenvalue weighted by atomic mass is 10.2. The summed E-state index contributed by atoms with van der Waals surface area (Å²) in [5, 5.41) is 6.69. The Morgan fingerprint density at radius 3 is 2.62 bits per heavy atom. The number of aromatic nitrogens is 1. The summed E-state index contributed by atoms with van der Waals surface area (Å²) in [6, 6.07) is 12.7. The zero-order chi connectivity index (χ0) is 20.8. The van der Waals surface area contributed by atoms with Crippen molar-refractivity contribution in [3.05, 3.63) is 58.7 Å². The van der Waals surface area contributed by atoms with Crippen molar-refractivity contribution in [3.8, 4) is 11.5 Å². The number of hydrogen-bond acceptors (Lipinski definition) is 4. The highest BCUT2D eigenvalue weighted by Crippen LogP contribution is 2.29. The second-order valence-corrected chi connectivity index (χ2v) is 6.65. The second kappa shape index (κ2) is 9.34. The van der Waals surface area contributed by atoms with E-state index in [9.17, 15) is 9.59 Å². The minimum Gasteiger partial charge on any atom is -0.493 e. The third-order valence-electron chi connectivity index (χ3n) is 4.28. The van der Waals surface area contributed by atoms with Gasteiger partial charge in [0.25, 0.3) is 11.8 Å². The summed E-state index contributed by atoms with van der Waals surface area (Å²) in [4.78, 5) is 27.1. The molecule has 0 aliphatic rings. The molecular formula is C21H22ClN3O4. The first-order chi connectivity index (χ1) is 14.0. The fraction of sp³-hybridized carbons (Fsp3) is 0.238. The molecule has 3 N–H and O–H groups in total. The van der Waals surface area contributed by atoms with Crippen LogP contribution in [0.1, 0.15) is 23.0 Å². The first kappa shape index (κ1) is 20.5. The van der Waals surface area contributed by atoms with Crippen molar-refractivity contribution in [3.63, 3.8) is 0 Å². The molecular weight excluding hydrogens is 394 g/mol. The molecule has 0 aliphatic carbocycles. The van der Waals surface area contributed by atoms with Crippen LogP contribution in [-0.4, -0.2) is 37.1 Å². The van der Waals surface area contributed by atoms with Gasteiger partial charge >= 0.3 is 0 Å². The molecule has 0 bridgehead atoms. The van der Waals surface area contributed by atoms with Gasteiger partial charge in [0.1, 0.15) is 5.69 Å². The first-order valence-corrected chi connectivity index (χ1v) is 9.52. The van der Waals surface area contributed by atoms with Crippen LogP contribution in [-0.2, 0) is 11.3 Å². The molecule has 1 heterocycles. The van der Waals surface area contributed by atoms with Crippen molar-refractivity contribution in [2.75, 3.05) is 20.3 Å². The number of aromatic amines is 1. The zero-order valence-electron chi connectivity index (χ0n) is 16.2. The number of fused-ring (bicyclic) bond motifs is 1. The van der Waals surface area contributed by atoms with Crippen LogP contribution in [0.3, 0.4) is 0 Å². The number of carbonyl (C=O) groups is 2. The molecule has 0 atom stereocenters. The molecule has 8 heteroatoms. The maximum Gasteiger partial charge on any atom is 0.269 e. The number of hydrogen-bond donors (Lipinski definition) is 3. The van der Waals surface area contributed by atoms with E-state index >= 15 is 0 Å². The third kappa shape index (κ3) is 4.81. The van der Waals surface area contributed by atoms with Gasteiger partial charge in [0.05, 0.1) is 12.1 Å². The molecule has 29 heavy (non-hydrogen) atoms. The van der Waals surface area contributed by atoms with Crippen LogP contribution in [0.5, 0.6) is 11.5 Å². The van der Waals surface area contributed by atoms with Gasteiger partial charge in [-0.1, -0.05) is 35.9 Å². The van der Waals surface area contributed by atoms with E-state index in [0.717, 1.165) is 16.5 Å². The molecule has 3 rings (SSSR count). The van der Waals surface area contributed by atoms with E-state index in [-0.39, 0.29) is 25.0 Å². The van der Waals surface area contributed by atoms with Crippen LogP contribution >= 0.6 is 11.6 Å². The predicted molar refractivity (Wildman–Crippen MR) is 112 cm³/mol. The van der Waals surface area contributed by atoms with Crippen molar-refractivity contribution in [2.24, 2.45) is 0 Å². The summed E-state index contributed by atoms with van der Waals surface area (Å²) in [5.74, 6) is 0.417. The van der Waals surface area contributed by atoms with Crippen LogP contribution in [0.15, 0.2) is 42.5 Å². The minimum atomic E-state index is -0.304. The average Bonchev–Trinajstić information content (AvgIpc) is 3.08. The molecule has 0 aliphatic heterocycles. The maximum atomic E-state index is 12.5. The van der Waals surface area contributed by atoms with E-state index < -0.39 is 0 Å². The first-order valence-electron chi connectivity index (χ1n) is 9.14. The van der Waals surface area contributed by atoms with Gasteiger partial charge in [0.15, 0.2) is 18.1 Å². The predicted octanol–water partition coefficient (Wildman–Crippen LogP) is 3.27. The Morgan fingerprint density at radius 2 is 1.90 bits per heavy atom. The van der Waals surface area contributed by atoms with E-state index in [1.54, 1.807) is 18.2 Å². The summed E-state index contributed by atoms with van der Waals surface area (Å²) in [7, 11) is 1.51. The van der Waals surface area contributed by atoms with Gasteiger partial charge in [0, 0.05) is 24.0 Å². The molecule has 0 spiro atoms. The SMILES string of the molecule is CCNC(=O)COc1ccc(CNC(=O)c2[nH]c3ccccc3c2Cl)cc1OC. The van der Waals surface area contributed by atoms with Crippen LogP contribution < -0.4 is 20.1 Å². The monoisotopic (exact) mass is 415 g/mol. The fourth-order valence-corrected chi connectivity index (χ4v) is 3.17. The molecule has 0 radical (unpaired) electrons. The molecule has 0 fully saturated rings. The number of likely N-dealkylation sites (N-methyl/N-ethyl adjacent to an activating group) is 1. The van der Waals surface area contributed by atoms with Crippen molar-refractivity contribution >= 4 is 34.3 Å². The molecule has 2 aromatic carbocycles. The normalized spacial score (nSPS) is 10.6. The number of ether oxygens (including phenoxy) is 2. The van der Waals surface area contributed by atoms with E-state index in [1.165, 1.54) is 7.11 Å². The minimum absolute atomic E-state index is 0.0981. The molecule has 2 amide bonds. The van der Waals surface area contributed by atoms with Crippen molar-refractivity contribution in [2.45, 2.75) is 13.5 Å². The van der Waals surface area contributed by atoms with Crippen LogP contribution in [0.25, 0.3) is 10.9 Å². The standard InChI is InChI=1S/C21H22ClN3O4/c1-3-23-18(26)12-29-16-9-8-13(10-17(16)28-2)11-24-21(27)20-19(22)14-6-4-5-7-15(14)25-20/h4-10,25H,3,11-12H2,1-2H3,(H,23,26)(H,24,27). The third-order valence-corrected chi connectivity index (χ3v) is 4.68. The molecule has 0 saturated carbocycles. The number of rotatable bonds is 8. The van der Waals surface area contributed by atoms with Gasteiger partial charge in [0.2, 0.25) is 0 Å². The number of halogens is 1. The average molecular weight is 416 g/mol. The maximum absolute atomic E-state index is 12.5. The summed E-state index contributed by atoms with van der Waals surface area (Å²) < 4.78 is 10.8. The van der Waals surface area contributed by atoms with Gasteiger partial charge in [-0.25, -0.2) is 0 Å². The Bertz CT molecular complexity index is 1030. The van der Waals surface area contributed by atoms with Crippen molar-refractivity contribution in [1.29, 1.82) is 0 Å². The number of methoxy groups -OCH3 is 1. The number of carbonyl (C=O) groups excluding carboxylic acids is 2. The Hall–Kier alpha value is -3.19. The summed E-state index contributed by atoms with van der Waals surface area (Å²) in [6.45, 7) is 2.56. The van der Waals surface area contributed by atoms with Crippen LogP contribution in [0.4, 0.5) is 0 Å². The lowest BCUT2D eigenvalue weighted by Gasteiger charge is -2.12. The van der Waals surface area contributed by atoms with Gasteiger partial charge in [-0.3, -0.25) is 9.59 Å². The number of para-hydroxylation sites is 1.